The summed E-state index contributed by atoms with van der Waals surface area (Å²) in [6.07, 6.45) is 2.50. The van der Waals surface area contributed by atoms with Crippen LogP contribution in [-0.4, -0.2) is 23.4 Å². The topological polar surface area (TPSA) is 46.3 Å². The number of rotatable bonds is 8. The summed E-state index contributed by atoms with van der Waals surface area (Å²) in [4.78, 5) is 14.6. The summed E-state index contributed by atoms with van der Waals surface area (Å²) >= 11 is 0. The Morgan fingerprint density at radius 1 is 1.00 bits per heavy atom. The van der Waals surface area contributed by atoms with Crippen molar-refractivity contribution < 1.29 is 4.79 Å². The van der Waals surface area contributed by atoms with Crippen LogP contribution < -0.4 is 5.73 Å². The first-order valence-corrected chi connectivity index (χ1v) is 8.33. The lowest BCUT2D eigenvalue weighted by atomic mass is 10.1. The van der Waals surface area contributed by atoms with Gasteiger partial charge in [-0.15, -0.1) is 0 Å². The largest absolute Gasteiger partial charge is 0.337 e. The average Bonchev–Trinajstić information content (AvgIpc) is 2.60. The first-order chi connectivity index (χ1) is 11.2. The standard InChI is InChI=1S/C20H26N2O/c1-2-9-19(21)20(23)22(16-18-12-7-4-8-13-18)15-14-17-10-5-3-6-11-17/h3-8,10-13,19H,2,9,14-16,21H2,1H3. The molecule has 3 heteroatoms. The zero-order valence-corrected chi connectivity index (χ0v) is 13.8. The van der Waals surface area contributed by atoms with Crippen molar-refractivity contribution in [1.29, 1.82) is 0 Å². The SMILES string of the molecule is CCCC(N)C(=O)N(CCc1ccccc1)Cc1ccccc1. The smallest absolute Gasteiger partial charge is 0.239 e. The van der Waals surface area contributed by atoms with Gasteiger partial charge in [0.25, 0.3) is 0 Å². The summed E-state index contributed by atoms with van der Waals surface area (Å²) in [5, 5.41) is 0. The molecule has 122 valence electrons. The Bertz CT molecular complexity index is 583. The summed E-state index contributed by atoms with van der Waals surface area (Å²) in [5.74, 6) is 0.0478. The van der Waals surface area contributed by atoms with Crippen LogP contribution >= 0.6 is 0 Å². The molecule has 2 N–H and O–H groups in total. The Morgan fingerprint density at radius 3 is 2.13 bits per heavy atom. The molecule has 0 fully saturated rings. The van der Waals surface area contributed by atoms with Crippen LogP contribution in [0, 0.1) is 0 Å². The van der Waals surface area contributed by atoms with Crippen LogP contribution in [0.1, 0.15) is 30.9 Å². The van der Waals surface area contributed by atoms with Crippen LogP contribution in [0.25, 0.3) is 0 Å². The first-order valence-electron chi connectivity index (χ1n) is 8.33. The van der Waals surface area contributed by atoms with E-state index in [4.69, 9.17) is 5.73 Å². The Labute approximate surface area is 139 Å². The number of amides is 1. The lowest BCUT2D eigenvalue weighted by Crippen LogP contribution is -2.44. The maximum absolute atomic E-state index is 12.7. The number of carbonyl (C=O) groups excluding carboxylic acids is 1. The molecule has 0 spiro atoms. The van der Waals surface area contributed by atoms with Gasteiger partial charge in [-0.2, -0.15) is 0 Å². The molecule has 0 bridgehead atoms. The molecule has 0 aliphatic rings. The Balaban J connectivity index is 2.05. The normalized spacial score (nSPS) is 11.9. The van der Waals surface area contributed by atoms with Crippen LogP contribution in [0.15, 0.2) is 60.7 Å². The van der Waals surface area contributed by atoms with Crippen molar-refractivity contribution in [3.8, 4) is 0 Å². The second-order valence-electron chi connectivity index (χ2n) is 5.88. The zero-order valence-electron chi connectivity index (χ0n) is 13.8. The van der Waals surface area contributed by atoms with Crippen LogP contribution in [0.3, 0.4) is 0 Å². The minimum Gasteiger partial charge on any atom is -0.337 e. The van der Waals surface area contributed by atoms with Crippen molar-refractivity contribution in [1.82, 2.24) is 4.90 Å². The van der Waals surface area contributed by atoms with Gasteiger partial charge in [0, 0.05) is 13.1 Å². The lowest BCUT2D eigenvalue weighted by molar-refractivity contribution is -0.133. The molecule has 1 unspecified atom stereocenters. The summed E-state index contributed by atoms with van der Waals surface area (Å²) in [5.41, 5.74) is 8.44. The fraction of sp³-hybridized carbons (Fsp3) is 0.350. The van der Waals surface area contributed by atoms with E-state index < -0.39 is 6.04 Å². The first kappa shape index (κ1) is 17.2. The van der Waals surface area contributed by atoms with E-state index in [0.717, 1.165) is 24.8 Å². The number of nitrogens with zero attached hydrogens (tertiary/aromatic N) is 1. The van der Waals surface area contributed by atoms with E-state index in [-0.39, 0.29) is 5.91 Å². The predicted octanol–water partition coefficient (Wildman–Crippen LogP) is 3.39. The van der Waals surface area contributed by atoms with Crippen molar-refractivity contribution >= 4 is 5.91 Å². The summed E-state index contributed by atoms with van der Waals surface area (Å²) in [6, 6.07) is 19.9. The van der Waals surface area contributed by atoms with Crippen molar-refractivity contribution in [2.24, 2.45) is 5.73 Å². The van der Waals surface area contributed by atoms with Gasteiger partial charge in [0.1, 0.15) is 0 Å². The number of hydrogen-bond donors (Lipinski definition) is 1. The van der Waals surface area contributed by atoms with Gasteiger partial charge in [-0.1, -0.05) is 74.0 Å². The Morgan fingerprint density at radius 2 is 1.57 bits per heavy atom. The highest BCUT2D eigenvalue weighted by Gasteiger charge is 2.20. The number of hydrogen-bond acceptors (Lipinski definition) is 2. The van der Waals surface area contributed by atoms with Gasteiger partial charge in [0.05, 0.1) is 6.04 Å². The second-order valence-corrected chi connectivity index (χ2v) is 5.88. The molecule has 0 radical (unpaired) electrons. The summed E-state index contributed by atoms with van der Waals surface area (Å²) in [6.45, 7) is 3.36. The van der Waals surface area contributed by atoms with Gasteiger partial charge >= 0.3 is 0 Å². The van der Waals surface area contributed by atoms with E-state index in [2.05, 4.69) is 19.1 Å². The van der Waals surface area contributed by atoms with E-state index in [9.17, 15) is 4.79 Å². The quantitative estimate of drug-likeness (QED) is 0.812. The predicted molar refractivity (Wildman–Crippen MR) is 94.9 cm³/mol. The fourth-order valence-electron chi connectivity index (χ4n) is 2.65. The third-order valence-electron chi connectivity index (χ3n) is 3.96. The maximum atomic E-state index is 12.7. The number of carbonyl (C=O) groups is 1. The summed E-state index contributed by atoms with van der Waals surface area (Å²) < 4.78 is 0. The zero-order chi connectivity index (χ0) is 16.5. The van der Waals surface area contributed by atoms with Gasteiger partial charge in [-0.05, 0) is 24.0 Å². The lowest BCUT2D eigenvalue weighted by Gasteiger charge is -2.26. The molecular weight excluding hydrogens is 284 g/mol. The third kappa shape index (κ3) is 5.53. The van der Waals surface area contributed by atoms with Crippen molar-refractivity contribution in [2.75, 3.05) is 6.54 Å². The highest BCUT2D eigenvalue weighted by atomic mass is 16.2. The van der Waals surface area contributed by atoms with Gasteiger partial charge in [-0.3, -0.25) is 4.79 Å². The molecule has 2 rings (SSSR count). The highest BCUT2D eigenvalue weighted by molar-refractivity contribution is 5.81. The fourth-order valence-corrected chi connectivity index (χ4v) is 2.65. The molecule has 2 aromatic rings. The molecule has 0 aliphatic carbocycles. The minimum atomic E-state index is -0.403. The Hall–Kier alpha value is -2.13. The molecule has 2 aromatic carbocycles. The van der Waals surface area contributed by atoms with Crippen LogP contribution in [0.4, 0.5) is 0 Å². The third-order valence-corrected chi connectivity index (χ3v) is 3.96. The van der Waals surface area contributed by atoms with Crippen LogP contribution in [0.2, 0.25) is 0 Å². The molecule has 0 saturated heterocycles. The maximum Gasteiger partial charge on any atom is 0.239 e. The van der Waals surface area contributed by atoms with E-state index in [1.54, 1.807) is 0 Å². The molecular formula is C20H26N2O. The molecule has 23 heavy (non-hydrogen) atoms. The molecule has 0 aliphatic heterocycles. The second kappa shape index (κ2) is 9.11. The van der Waals surface area contributed by atoms with Crippen LogP contribution in [-0.2, 0) is 17.8 Å². The summed E-state index contributed by atoms with van der Waals surface area (Å²) in [7, 11) is 0. The Kier molecular flexibility index (Phi) is 6.82. The van der Waals surface area contributed by atoms with Gasteiger partial charge in [0.2, 0.25) is 5.91 Å². The van der Waals surface area contributed by atoms with E-state index in [1.165, 1.54) is 5.56 Å². The molecule has 1 atom stereocenters. The molecule has 0 heterocycles. The van der Waals surface area contributed by atoms with Gasteiger partial charge in [0.15, 0.2) is 0 Å². The van der Waals surface area contributed by atoms with Crippen molar-refractivity contribution in [3.63, 3.8) is 0 Å². The monoisotopic (exact) mass is 310 g/mol. The van der Waals surface area contributed by atoms with Crippen LogP contribution in [0.5, 0.6) is 0 Å². The van der Waals surface area contributed by atoms with Gasteiger partial charge in [-0.25, -0.2) is 0 Å². The minimum absolute atomic E-state index is 0.0478. The van der Waals surface area contributed by atoms with Gasteiger partial charge < -0.3 is 10.6 Å². The van der Waals surface area contributed by atoms with E-state index in [0.29, 0.717) is 13.1 Å². The molecule has 1 amide bonds. The number of benzene rings is 2. The van der Waals surface area contributed by atoms with Crippen molar-refractivity contribution in [3.05, 3.63) is 71.8 Å². The highest BCUT2D eigenvalue weighted by Crippen LogP contribution is 2.10. The van der Waals surface area contributed by atoms with E-state index >= 15 is 0 Å². The van der Waals surface area contributed by atoms with E-state index in [1.807, 2.05) is 53.4 Å². The molecule has 3 nitrogen and oxygen atoms in total. The average molecular weight is 310 g/mol. The molecule has 0 aromatic heterocycles. The number of nitrogens with two attached hydrogens (primary N) is 1. The molecule has 0 saturated carbocycles. The van der Waals surface area contributed by atoms with Crippen molar-refractivity contribution in [2.45, 2.75) is 38.8 Å².